The molecule has 96 valence electrons. The maximum Gasteiger partial charge on any atom is 0.237 e. The first kappa shape index (κ1) is 13.1. The largest absolute Gasteiger partial charge is 0.396 e. The number of amides is 1. The van der Waals surface area contributed by atoms with Crippen LogP contribution in [0, 0.1) is 0 Å². The molecule has 0 unspecified atom stereocenters. The molecular formula is C13H15NO3S. The molecule has 1 aromatic rings. The van der Waals surface area contributed by atoms with Gasteiger partial charge in [-0.25, -0.2) is 0 Å². The molecule has 4 nitrogen and oxygen atoms in total. The monoisotopic (exact) mass is 265 g/mol. The van der Waals surface area contributed by atoms with Crippen LogP contribution < -0.4 is 4.90 Å². The molecule has 5 heteroatoms. The van der Waals surface area contributed by atoms with Crippen molar-refractivity contribution in [2.24, 2.45) is 0 Å². The number of aliphatic hydroxyl groups is 1. The Bertz CT molecular complexity index is 487. The summed E-state index contributed by atoms with van der Waals surface area (Å²) in [6.07, 6.45) is 0.542. The van der Waals surface area contributed by atoms with Crippen LogP contribution in [-0.4, -0.2) is 35.7 Å². The Hall–Kier alpha value is -1.33. The first-order valence-corrected chi connectivity index (χ1v) is 6.81. The van der Waals surface area contributed by atoms with Gasteiger partial charge in [0.25, 0.3) is 0 Å². The lowest BCUT2D eigenvalue weighted by Crippen LogP contribution is -2.36. The smallest absolute Gasteiger partial charge is 0.237 e. The first-order valence-electron chi connectivity index (χ1n) is 5.82. The average molecular weight is 265 g/mol. The van der Waals surface area contributed by atoms with Gasteiger partial charge in [0.1, 0.15) is 0 Å². The molecule has 0 atom stereocenters. The number of hydrogen-bond acceptors (Lipinski definition) is 4. The van der Waals surface area contributed by atoms with Crippen LogP contribution >= 0.6 is 11.8 Å². The zero-order valence-electron chi connectivity index (χ0n) is 10.2. The second kappa shape index (κ2) is 5.54. The van der Waals surface area contributed by atoms with Crippen molar-refractivity contribution < 1.29 is 14.7 Å². The van der Waals surface area contributed by atoms with Crippen molar-refractivity contribution in [3.8, 4) is 0 Å². The van der Waals surface area contributed by atoms with E-state index in [1.165, 1.54) is 18.7 Å². The van der Waals surface area contributed by atoms with E-state index in [1.54, 1.807) is 17.0 Å². The standard InChI is InChI=1S/C13H15NO3S/c1-9(16)10-3-4-12-11(7-10)14(5-2-6-15)13(17)8-18-12/h3-4,7,15H,2,5-6,8H2,1H3. The zero-order valence-corrected chi connectivity index (χ0v) is 11.0. The summed E-state index contributed by atoms with van der Waals surface area (Å²) in [6, 6.07) is 5.43. The minimum absolute atomic E-state index is 0.0112. The Kier molecular flexibility index (Phi) is 4.04. The highest BCUT2D eigenvalue weighted by atomic mass is 32.2. The van der Waals surface area contributed by atoms with Crippen molar-refractivity contribution in [1.82, 2.24) is 0 Å². The number of carbonyl (C=O) groups excluding carboxylic acids is 2. The maximum absolute atomic E-state index is 11.9. The molecule has 0 bridgehead atoms. The number of aliphatic hydroxyl groups excluding tert-OH is 1. The van der Waals surface area contributed by atoms with Crippen molar-refractivity contribution >= 4 is 29.1 Å². The molecule has 0 aliphatic carbocycles. The quantitative estimate of drug-likeness (QED) is 0.842. The van der Waals surface area contributed by atoms with Crippen LogP contribution in [0.4, 0.5) is 5.69 Å². The lowest BCUT2D eigenvalue weighted by molar-refractivity contribution is -0.116. The lowest BCUT2D eigenvalue weighted by Gasteiger charge is -2.29. The first-order chi connectivity index (χ1) is 8.63. The van der Waals surface area contributed by atoms with Gasteiger partial charge >= 0.3 is 0 Å². The van der Waals surface area contributed by atoms with Crippen molar-refractivity contribution in [3.63, 3.8) is 0 Å². The molecule has 1 amide bonds. The van der Waals surface area contributed by atoms with E-state index in [-0.39, 0.29) is 18.3 Å². The van der Waals surface area contributed by atoms with E-state index in [2.05, 4.69) is 0 Å². The third kappa shape index (κ3) is 2.57. The predicted octanol–water partition coefficient (Wildman–Crippen LogP) is 1.71. The minimum atomic E-state index is -0.0112. The number of hydrogen-bond donors (Lipinski definition) is 1. The number of benzene rings is 1. The van der Waals surface area contributed by atoms with E-state index in [0.29, 0.717) is 24.3 Å². The molecule has 1 heterocycles. The highest BCUT2D eigenvalue weighted by molar-refractivity contribution is 8.00. The van der Waals surface area contributed by atoms with Crippen molar-refractivity contribution in [1.29, 1.82) is 0 Å². The second-order valence-corrected chi connectivity index (χ2v) is 5.17. The molecule has 0 spiro atoms. The fourth-order valence-electron chi connectivity index (χ4n) is 1.90. The third-order valence-corrected chi connectivity index (χ3v) is 3.90. The van der Waals surface area contributed by atoms with Crippen molar-refractivity contribution in [2.45, 2.75) is 18.2 Å². The van der Waals surface area contributed by atoms with E-state index in [0.717, 1.165) is 10.6 Å². The van der Waals surface area contributed by atoms with Gasteiger partial charge in [0, 0.05) is 23.6 Å². The summed E-state index contributed by atoms with van der Waals surface area (Å²) in [5.41, 5.74) is 1.40. The van der Waals surface area contributed by atoms with Gasteiger partial charge in [-0.1, -0.05) is 6.07 Å². The third-order valence-electron chi connectivity index (χ3n) is 2.85. The molecular weight excluding hydrogens is 250 g/mol. The van der Waals surface area contributed by atoms with Gasteiger partial charge in [0.15, 0.2) is 5.78 Å². The van der Waals surface area contributed by atoms with E-state index < -0.39 is 0 Å². The molecule has 2 rings (SSSR count). The number of Topliss-reactive ketones (excluding diaryl/α,β-unsaturated/α-hetero) is 1. The Morgan fingerprint density at radius 3 is 2.94 bits per heavy atom. The number of carbonyl (C=O) groups is 2. The van der Waals surface area contributed by atoms with Crippen molar-refractivity contribution in [2.75, 3.05) is 23.8 Å². The minimum Gasteiger partial charge on any atom is -0.396 e. The Morgan fingerprint density at radius 1 is 1.50 bits per heavy atom. The summed E-state index contributed by atoms with van der Waals surface area (Å²) in [5, 5.41) is 8.88. The summed E-state index contributed by atoms with van der Waals surface area (Å²) in [5.74, 6) is 0.433. The highest BCUT2D eigenvalue weighted by Gasteiger charge is 2.24. The fraction of sp³-hybridized carbons (Fsp3) is 0.385. The predicted molar refractivity (Wildman–Crippen MR) is 71.2 cm³/mol. The van der Waals surface area contributed by atoms with E-state index in [4.69, 9.17) is 5.11 Å². The van der Waals surface area contributed by atoms with Gasteiger partial charge in [0.2, 0.25) is 5.91 Å². The highest BCUT2D eigenvalue weighted by Crippen LogP contribution is 2.36. The number of ketones is 1. The number of nitrogens with zero attached hydrogens (tertiary/aromatic N) is 1. The summed E-state index contributed by atoms with van der Waals surface area (Å²) in [4.78, 5) is 25.9. The van der Waals surface area contributed by atoms with Crippen molar-refractivity contribution in [3.05, 3.63) is 23.8 Å². The van der Waals surface area contributed by atoms with Gasteiger partial charge in [0.05, 0.1) is 11.4 Å². The van der Waals surface area contributed by atoms with Crippen LogP contribution in [0.1, 0.15) is 23.7 Å². The van der Waals surface area contributed by atoms with Crippen LogP contribution in [-0.2, 0) is 4.79 Å². The van der Waals surface area contributed by atoms with Gasteiger partial charge < -0.3 is 10.0 Å². The van der Waals surface area contributed by atoms with E-state index >= 15 is 0 Å². The van der Waals surface area contributed by atoms with Gasteiger partial charge in [-0.15, -0.1) is 11.8 Å². The summed E-state index contributed by atoms with van der Waals surface area (Å²) in [6.45, 7) is 2.06. The number of anilines is 1. The number of fused-ring (bicyclic) bond motifs is 1. The molecule has 1 aliphatic heterocycles. The SMILES string of the molecule is CC(=O)c1ccc2c(c1)N(CCCO)C(=O)CS2. The lowest BCUT2D eigenvalue weighted by atomic mass is 10.1. The Labute approximate surface area is 110 Å². The molecule has 0 fully saturated rings. The Morgan fingerprint density at radius 2 is 2.28 bits per heavy atom. The normalized spacial score (nSPS) is 14.6. The van der Waals surface area contributed by atoms with Gasteiger partial charge in [-0.05, 0) is 25.5 Å². The maximum atomic E-state index is 11.9. The van der Waals surface area contributed by atoms with Gasteiger partial charge in [-0.2, -0.15) is 0 Å². The van der Waals surface area contributed by atoms with Crippen LogP contribution in [0.25, 0.3) is 0 Å². The second-order valence-electron chi connectivity index (χ2n) is 4.15. The van der Waals surface area contributed by atoms with Crippen LogP contribution in [0.15, 0.2) is 23.1 Å². The van der Waals surface area contributed by atoms with Crippen LogP contribution in [0.2, 0.25) is 0 Å². The average Bonchev–Trinajstić information content (AvgIpc) is 2.37. The molecule has 1 aliphatic rings. The molecule has 0 saturated heterocycles. The molecule has 0 radical (unpaired) electrons. The fourth-order valence-corrected chi connectivity index (χ4v) is 2.81. The van der Waals surface area contributed by atoms with E-state index in [9.17, 15) is 9.59 Å². The van der Waals surface area contributed by atoms with Crippen LogP contribution in [0.5, 0.6) is 0 Å². The van der Waals surface area contributed by atoms with Gasteiger partial charge in [-0.3, -0.25) is 9.59 Å². The summed E-state index contributed by atoms with van der Waals surface area (Å²) in [7, 11) is 0. The molecule has 1 aromatic carbocycles. The number of rotatable bonds is 4. The molecule has 18 heavy (non-hydrogen) atoms. The molecule has 0 saturated carbocycles. The summed E-state index contributed by atoms with van der Waals surface area (Å²) >= 11 is 1.49. The zero-order chi connectivity index (χ0) is 13.1. The number of thioether (sulfide) groups is 1. The summed E-state index contributed by atoms with van der Waals surface area (Å²) < 4.78 is 0. The molecule has 0 aromatic heterocycles. The Balaban J connectivity index is 2.36. The topological polar surface area (TPSA) is 57.6 Å². The van der Waals surface area contributed by atoms with Crippen LogP contribution in [0.3, 0.4) is 0 Å². The van der Waals surface area contributed by atoms with E-state index in [1.807, 2.05) is 6.07 Å². The molecule has 1 N–H and O–H groups in total.